The van der Waals surface area contributed by atoms with E-state index in [1.54, 1.807) is 106 Å². The molecule has 0 saturated carbocycles. The van der Waals surface area contributed by atoms with Crippen molar-refractivity contribution in [2.45, 2.75) is 345 Å². The predicted octanol–water partition coefficient (Wildman–Crippen LogP) is 4.11. The third-order valence-corrected chi connectivity index (χ3v) is 20.6. The summed E-state index contributed by atoms with van der Waals surface area (Å²) in [6.07, 6.45) is -8.64. The van der Waals surface area contributed by atoms with Gasteiger partial charge in [0.15, 0.2) is 12.1 Å². The second-order valence-corrected chi connectivity index (χ2v) is 29.6. The highest BCUT2D eigenvalue weighted by molar-refractivity contribution is 5.71. The van der Waals surface area contributed by atoms with Crippen molar-refractivity contribution < 1.29 is 111 Å². The fraction of sp³-hybridized carbons (Fsp3) is 0.875. The lowest BCUT2D eigenvalue weighted by atomic mass is 9.80. The van der Waals surface area contributed by atoms with Crippen molar-refractivity contribution in [3.05, 3.63) is 47.6 Å². The smallest absolute Gasteiger partial charge is 0.311 e. The molecule has 2 fully saturated rings. The molecule has 556 valence electrons. The zero-order valence-corrected chi connectivity index (χ0v) is 59.4. The molecule has 29 atom stereocenters. The number of rotatable bonds is 7. The van der Waals surface area contributed by atoms with Gasteiger partial charge >= 0.3 is 5.97 Å². The third kappa shape index (κ3) is 29.6. The number of aliphatic hydroxyl groups is 17. The molecule has 17 N–H and O–H groups in total. The Labute approximate surface area is 567 Å². The number of hydrogen-bond donors (Lipinski definition) is 17. The Bertz CT molecular complexity index is 2260. The van der Waals surface area contributed by atoms with Gasteiger partial charge in [0.2, 0.25) is 0 Å². The van der Waals surface area contributed by atoms with E-state index in [2.05, 4.69) is 13.8 Å². The lowest BCUT2D eigenvalue weighted by Gasteiger charge is -2.50. The van der Waals surface area contributed by atoms with Crippen molar-refractivity contribution >= 4 is 5.97 Å². The van der Waals surface area contributed by atoms with Crippen LogP contribution in [0, 0.1) is 41.4 Å². The summed E-state index contributed by atoms with van der Waals surface area (Å²) in [5.74, 6) is -6.50. The summed E-state index contributed by atoms with van der Waals surface area (Å²) in [7, 11) is 3.40. The van der Waals surface area contributed by atoms with Crippen molar-refractivity contribution in [1.82, 2.24) is 4.90 Å². The van der Waals surface area contributed by atoms with Gasteiger partial charge in [-0.1, -0.05) is 91.7 Å². The molecule has 0 amide bonds. The van der Waals surface area contributed by atoms with Crippen LogP contribution in [0.4, 0.5) is 0 Å². The maximum absolute atomic E-state index is 13.7. The van der Waals surface area contributed by atoms with Crippen molar-refractivity contribution in [2.75, 3.05) is 14.1 Å². The maximum atomic E-state index is 13.7. The Morgan fingerprint density at radius 3 is 1.80 bits per heavy atom. The number of aliphatic hydroxyl groups excluding tert-OH is 16. The largest absolute Gasteiger partial charge is 0.458 e. The SMILES string of the molecule is C/C1=C/C=C/CC(O)C(C)C(O)CCCC(O)CC(O)/C(C)=C/C(CCCC(C)C)C(O)C(O)CCC(O)CC(O)CC(O)C(C)CCC(O)C(C)C(O)CCCC(O)CC(O)/C=C\C(C)OC(=O)CC2(O)OC(CC(O[C@@H]3O[C@H](C)[C@@H](O)C(N(C)C)[C@H]3O)C2C)C(C)C1O. The Morgan fingerprint density at radius 2 is 1.19 bits per heavy atom. The second kappa shape index (κ2) is 42.8. The van der Waals surface area contributed by atoms with E-state index in [1.807, 2.05) is 0 Å². The lowest BCUT2D eigenvalue weighted by Crippen LogP contribution is -2.64. The molecule has 0 aliphatic carbocycles. The number of allylic oxidation sites excluding steroid dienone is 2. The first-order valence-corrected chi connectivity index (χ1v) is 35.5. The predicted molar refractivity (Wildman–Crippen MR) is 360 cm³/mol. The van der Waals surface area contributed by atoms with Gasteiger partial charge < -0.3 is 111 Å². The number of fused-ring (bicyclic) bond motifs is 2. The zero-order chi connectivity index (χ0) is 71.8. The van der Waals surface area contributed by atoms with Gasteiger partial charge in [0.05, 0.1) is 122 Å². The van der Waals surface area contributed by atoms with E-state index in [0.717, 1.165) is 12.8 Å². The van der Waals surface area contributed by atoms with Gasteiger partial charge in [0.25, 0.3) is 0 Å². The Morgan fingerprint density at radius 1 is 0.611 bits per heavy atom. The van der Waals surface area contributed by atoms with E-state index in [0.29, 0.717) is 42.7 Å². The molecule has 3 aliphatic rings. The number of carbonyl (C=O) groups is 1. The first-order valence-electron chi connectivity index (χ1n) is 35.5. The van der Waals surface area contributed by atoms with Gasteiger partial charge in [-0.25, -0.2) is 0 Å². The van der Waals surface area contributed by atoms with Crippen LogP contribution in [0.3, 0.4) is 0 Å². The van der Waals surface area contributed by atoms with Crippen LogP contribution in [-0.2, 0) is 23.7 Å². The number of likely N-dealkylation sites (N-methyl/N-ethyl adjacent to an activating group) is 1. The van der Waals surface area contributed by atoms with Crippen molar-refractivity contribution in [1.29, 1.82) is 0 Å². The van der Waals surface area contributed by atoms with Crippen LogP contribution in [0.25, 0.3) is 0 Å². The average molecular weight is 1360 g/mol. The summed E-state index contributed by atoms with van der Waals surface area (Å²) in [6, 6.07) is -0.781. The molecule has 95 heavy (non-hydrogen) atoms. The van der Waals surface area contributed by atoms with Crippen molar-refractivity contribution in [3.8, 4) is 0 Å². The Balaban J connectivity index is 1.86. The number of nitrogens with zero attached hydrogens (tertiary/aromatic N) is 1. The van der Waals surface area contributed by atoms with Crippen molar-refractivity contribution in [3.63, 3.8) is 0 Å². The summed E-state index contributed by atoms with van der Waals surface area (Å²) in [4.78, 5) is 15.4. The molecule has 3 aliphatic heterocycles. The number of cyclic esters (lactones) is 1. The molecule has 0 aromatic rings. The number of esters is 1. The summed E-state index contributed by atoms with van der Waals surface area (Å²) in [6.45, 7) is 19.3. The normalized spacial score (nSPS) is 44.8. The molecule has 23 heteroatoms. The number of hydrogen-bond acceptors (Lipinski definition) is 23. The maximum Gasteiger partial charge on any atom is 0.311 e. The topological polar surface area (TPSA) is 401 Å². The quantitative estimate of drug-likeness (QED) is 0.126. The molecule has 23 nitrogen and oxygen atoms in total. The summed E-state index contributed by atoms with van der Waals surface area (Å²) < 4.78 is 24.5. The molecular weight excluding hydrogens is 1230 g/mol. The molecule has 2 bridgehead atoms. The first kappa shape index (κ1) is 86.8. The van der Waals surface area contributed by atoms with E-state index < -0.39 is 182 Å². The van der Waals surface area contributed by atoms with Gasteiger partial charge in [0.1, 0.15) is 12.2 Å². The average Bonchev–Trinajstić information content (AvgIpc) is 0.788. The summed E-state index contributed by atoms with van der Waals surface area (Å²) in [5, 5.41) is 190. The Hall–Kier alpha value is -2.41. The molecule has 0 radical (unpaired) electrons. The first-order chi connectivity index (χ1) is 44.4. The zero-order valence-electron chi connectivity index (χ0n) is 59.4. The minimum Gasteiger partial charge on any atom is -0.458 e. The molecule has 3 heterocycles. The van der Waals surface area contributed by atoms with Crippen molar-refractivity contribution in [2.24, 2.45) is 41.4 Å². The van der Waals surface area contributed by atoms with Crippen LogP contribution in [0.2, 0.25) is 0 Å². The highest BCUT2D eigenvalue weighted by Crippen LogP contribution is 2.42. The molecule has 0 spiro atoms. The highest BCUT2D eigenvalue weighted by atomic mass is 16.7. The summed E-state index contributed by atoms with van der Waals surface area (Å²) >= 11 is 0. The highest BCUT2D eigenvalue weighted by Gasteiger charge is 2.53. The fourth-order valence-electron chi connectivity index (χ4n) is 13.4. The fourth-order valence-corrected chi connectivity index (χ4v) is 13.4. The van der Waals surface area contributed by atoms with Gasteiger partial charge in [-0.05, 0) is 161 Å². The van der Waals surface area contributed by atoms with Crippen LogP contribution >= 0.6 is 0 Å². The molecule has 0 aromatic heterocycles. The van der Waals surface area contributed by atoms with Gasteiger partial charge in [-0.2, -0.15) is 0 Å². The number of ether oxygens (including phenoxy) is 4. The summed E-state index contributed by atoms with van der Waals surface area (Å²) in [5.41, 5.74) is 0.995. The van der Waals surface area contributed by atoms with E-state index in [4.69, 9.17) is 18.9 Å². The van der Waals surface area contributed by atoms with E-state index in [-0.39, 0.29) is 89.4 Å². The van der Waals surface area contributed by atoms with Crippen LogP contribution in [0.15, 0.2) is 47.6 Å². The minimum absolute atomic E-state index is 0.00761. The Kier molecular flexibility index (Phi) is 39.1. The van der Waals surface area contributed by atoms with Crippen LogP contribution in [0.1, 0.15) is 205 Å². The van der Waals surface area contributed by atoms with E-state index in [9.17, 15) is 91.6 Å². The van der Waals surface area contributed by atoms with Crippen LogP contribution < -0.4 is 0 Å². The van der Waals surface area contributed by atoms with Crippen LogP contribution in [0.5, 0.6) is 0 Å². The lowest BCUT2D eigenvalue weighted by molar-refractivity contribution is -0.351. The van der Waals surface area contributed by atoms with Gasteiger partial charge in [0, 0.05) is 48.9 Å². The third-order valence-electron chi connectivity index (χ3n) is 20.6. The molecule has 0 aromatic carbocycles. The van der Waals surface area contributed by atoms with Gasteiger partial charge in [-0.15, -0.1) is 0 Å². The molecule has 2 saturated heterocycles. The second-order valence-electron chi connectivity index (χ2n) is 29.6. The molecular formula is C72H131NO22. The number of carbonyl (C=O) groups excluding carboxylic acids is 1. The minimum atomic E-state index is -2.26. The van der Waals surface area contributed by atoms with E-state index in [1.165, 1.54) is 12.2 Å². The van der Waals surface area contributed by atoms with Gasteiger partial charge in [-0.3, -0.25) is 4.79 Å². The molecule has 3 rings (SSSR count). The standard InChI is InChI=1S/C72H131NO22/c1-40(2)19-16-21-50-33-43(5)62(85)36-52(75)23-18-26-57(80)45(7)56(79)24-15-14-20-42(4)67(87)47(9)63-38-64(94-71-70(90)66(73(12)13)68(88)49(11)93-71)48(10)72(91,95-63)39-65(86)92-44(6)28-29-53(76)34-51(74)22-17-25-58(81)46(8)59(82)31-27-41(3)61(84)37-55(78)35-54(77)30-32-60(83)69(50)89/h14-15,20,28-29,33,40-41,44-64,66-71,74-85,87-91H,16-19,21-27,30-32,34-39H2,1-13H3/b15-14+,29-28-,42-20-,43-33+/t41?,44?,45?,46?,47?,48?,49-,50?,51?,52?,53?,54?,55?,56?,57?,58?,59?,60?,61?,62?,63?,64?,66?,67?,68-,69?,70-,71+,72?/m1/s1. The molecule has 25 unspecified atom stereocenters. The van der Waals surface area contributed by atoms with Crippen LogP contribution in [-0.4, -0.2) is 252 Å². The monoisotopic (exact) mass is 1360 g/mol. The van der Waals surface area contributed by atoms with E-state index >= 15 is 0 Å².